The predicted octanol–water partition coefficient (Wildman–Crippen LogP) is 3.80. The third-order valence-electron chi connectivity index (χ3n) is 4.19. The molecule has 3 rings (SSSR count). The topological polar surface area (TPSA) is 47.6 Å². The van der Waals surface area contributed by atoms with Crippen LogP contribution in [0.4, 0.5) is 0 Å². The van der Waals surface area contributed by atoms with Crippen LogP contribution in [0.5, 0.6) is 0 Å². The lowest BCUT2D eigenvalue weighted by molar-refractivity contribution is -0.186. The van der Waals surface area contributed by atoms with Crippen molar-refractivity contribution in [3.8, 4) is 0 Å². The van der Waals surface area contributed by atoms with Crippen molar-refractivity contribution in [1.82, 2.24) is 5.32 Å². The zero-order valence-electron chi connectivity index (χ0n) is 12.2. The van der Waals surface area contributed by atoms with Gasteiger partial charge in [0.15, 0.2) is 5.79 Å². The van der Waals surface area contributed by atoms with Crippen LogP contribution in [-0.4, -0.2) is 30.9 Å². The molecule has 0 aromatic heterocycles. The Morgan fingerprint density at radius 3 is 2.82 bits per heavy atom. The number of hydrogen-bond donors (Lipinski definition) is 1. The molecule has 1 atom stereocenters. The molecule has 1 aromatic carbocycles. The van der Waals surface area contributed by atoms with Crippen molar-refractivity contribution in [1.29, 1.82) is 0 Å². The zero-order chi connectivity index (χ0) is 15.6. The highest BCUT2D eigenvalue weighted by molar-refractivity contribution is 6.35. The minimum Gasteiger partial charge on any atom is -0.349 e. The Kier molecular flexibility index (Phi) is 4.93. The van der Waals surface area contributed by atoms with E-state index in [0.717, 1.165) is 25.7 Å². The fourth-order valence-corrected chi connectivity index (χ4v) is 3.42. The molecule has 1 saturated heterocycles. The van der Waals surface area contributed by atoms with Crippen LogP contribution in [0.1, 0.15) is 42.5 Å². The Bertz CT molecular complexity index is 558. The maximum absolute atomic E-state index is 12.2. The third-order valence-corrected chi connectivity index (χ3v) is 4.76. The number of amides is 1. The van der Waals surface area contributed by atoms with Crippen molar-refractivity contribution in [2.45, 2.75) is 44.0 Å². The van der Waals surface area contributed by atoms with E-state index in [4.69, 9.17) is 32.7 Å². The average molecular weight is 344 g/mol. The largest absolute Gasteiger partial charge is 0.349 e. The van der Waals surface area contributed by atoms with E-state index in [1.54, 1.807) is 18.2 Å². The van der Waals surface area contributed by atoms with Gasteiger partial charge in [-0.05, 0) is 31.0 Å². The number of halogens is 2. The van der Waals surface area contributed by atoms with E-state index < -0.39 is 5.79 Å². The van der Waals surface area contributed by atoms with Crippen LogP contribution in [0.2, 0.25) is 10.0 Å². The number of rotatable bonds is 3. The summed E-state index contributed by atoms with van der Waals surface area (Å²) in [6.45, 7) is 0.924. The van der Waals surface area contributed by atoms with Crippen LogP contribution in [0.3, 0.4) is 0 Å². The number of carbonyl (C=O) groups excluding carboxylic acids is 1. The minimum absolute atomic E-state index is 0.111. The van der Waals surface area contributed by atoms with Gasteiger partial charge in [0.2, 0.25) is 0 Å². The Labute approximate surface area is 140 Å². The van der Waals surface area contributed by atoms with Gasteiger partial charge < -0.3 is 14.8 Å². The molecule has 1 saturated carbocycles. The molecule has 2 fully saturated rings. The van der Waals surface area contributed by atoms with Crippen LogP contribution in [-0.2, 0) is 9.47 Å². The van der Waals surface area contributed by atoms with Crippen molar-refractivity contribution in [3.05, 3.63) is 33.8 Å². The van der Waals surface area contributed by atoms with Gasteiger partial charge >= 0.3 is 0 Å². The van der Waals surface area contributed by atoms with Crippen molar-refractivity contribution >= 4 is 29.1 Å². The second-order valence-electron chi connectivity index (χ2n) is 5.86. The highest BCUT2D eigenvalue weighted by Gasteiger charge is 2.42. The van der Waals surface area contributed by atoms with Crippen LogP contribution >= 0.6 is 23.2 Å². The lowest BCUT2D eigenvalue weighted by atomic mass is 9.94. The van der Waals surface area contributed by atoms with Gasteiger partial charge in [0, 0.05) is 24.4 Å². The number of benzene rings is 1. The minimum atomic E-state index is -0.415. The third kappa shape index (κ3) is 3.57. The van der Waals surface area contributed by atoms with Crippen molar-refractivity contribution in [2.24, 2.45) is 0 Å². The van der Waals surface area contributed by atoms with Crippen molar-refractivity contribution < 1.29 is 14.3 Å². The first-order valence-corrected chi connectivity index (χ1v) is 8.39. The van der Waals surface area contributed by atoms with Crippen LogP contribution in [0.15, 0.2) is 18.2 Å². The Morgan fingerprint density at radius 2 is 2.05 bits per heavy atom. The first-order valence-electron chi connectivity index (χ1n) is 7.63. The number of nitrogens with one attached hydrogen (secondary N) is 1. The summed E-state index contributed by atoms with van der Waals surface area (Å²) in [7, 11) is 0. The molecule has 0 unspecified atom stereocenters. The molecule has 1 amide bonds. The van der Waals surface area contributed by atoms with E-state index in [9.17, 15) is 4.79 Å². The van der Waals surface area contributed by atoms with Crippen molar-refractivity contribution in [3.63, 3.8) is 0 Å². The first kappa shape index (κ1) is 16.1. The molecule has 6 heteroatoms. The summed E-state index contributed by atoms with van der Waals surface area (Å²) in [5.74, 6) is -0.665. The summed E-state index contributed by atoms with van der Waals surface area (Å²) >= 11 is 11.9. The zero-order valence-corrected chi connectivity index (χ0v) is 13.8. The van der Waals surface area contributed by atoms with E-state index in [1.807, 2.05) is 0 Å². The van der Waals surface area contributed by atoms with Crippen molar-refractivity contribution in [2.75, 3.05) is 13.2 Å². The van der Waals surface area contributed by atoms with E-state index in [-0.39, 0.29) is 12.0 Å². The second kappa shape index (κ2) is 6.75. The SMILES string of the molecule is O=C(NC[C@@H]1COC2(CCCCC2)O1)c1cc(Cl)ccc1Cl. The quantitative estimate of drug-likeness (QED) is 0.907. The molecule has 1 N–H and O–H groups in total. The van der Waals surface area contributed by atoms with Gasteiger partial charge in [-0.3, -0.25) is 4.79 Å². The summed E-state index contributed by atoms with van der Waals surface area (Å²) in [5, 5.41) is 3.71. The molecule has 1 aliphatic carbocycles. The highest BCUT2D eigenvalue weighted by atomic mass is 35.5. The number of hydrogen-bond acceptors (Lipinski definition) is 3. The van der Waals surface area contributed by atoms with Gasteiger partial charge in [-0.1, -0.05) is 29.6 Å². The van der Waals surface area contributed by atoms with E-state index in [2.05, 4.69) is 5.32 Å². The Hall–Kier alpha value is -0.810. The lowest BCUT2D eigenvalue weighted by Gasteiger charge is -2.31. The summed E-state index contributed by atoms with van der Waals surface area (Å²) in [6.07, 6.45) is 5.28. The molecule has 1 aliphatic heterocycles. The van der Waals surface area contributed by atoms with Gasteiger partial charge in [-0.15, -0.1) is 0 Å². The molecule has 1 heterocycles. The Morgan fingerprint density at radius 1 is 1.27 bits per heavy atom. The monoisotopic (exact) mass is 343 g/mol. The van der Waals surface area contributed by atoms with E-state index in [1.165, 1.54) is 6.42 Å². The molecule has 2 aliphatic rings. The molecular weight excluding hydrogens is 325 g/mol. The second-order valence-corrected chi connectivity index (χ2v) is 6.70. The van der Waals surface area contributed by atoms with Gasteiger partial charge in [-0.25, -0.2) is 0 Å². The van der Waals surface area contributed by atoms with Gasteiger partial charge in [-0.2, -0.15) is 0 Å². The average Bonchev–Trinajstić information content (AvgIpc) is 2.91. The standard InChI is InChI=1S/C16H19Cl2NO3/c17-11-4-5-14(18)13(8-11)15(20)19-9-12-10-21-16(22-12)6-2-1-3-7-16/h4-5,8,12H,1-3,6-7,9-10H2,(H,19,20)/t12-/m1/s1. The molecule has 22 heavy (non-hydrogen) atoms. The summed E-state index contributed by atoms with van der Waals surface area (Å²) in [6, 6.07) is 4.83. The van der Waals surface area contributed by atoms with E-state index in [0.29, 0.717) is 28.8 Å². The van der Waals surface area contributed by atoms with Crippen LogP contribution in [0, 0.1) is 0 Å². The molecule has 0 radical (unpaired) electrons. The summed E-state index contributed by atoms with van der Waals surface area (Å²) in [5.41, 5.74) is 0.375. The summed E-state index contributed by atoms with van der Waals surface area (Å²) in [4.78, 5) is 12.2. The Balaban J connectivity index is 1.54. The molecule has 120 valence electrons. The first-order chi connectivity index (χ1) is 10.6. The van der Waals surface area contributed by atoms with E-state index >= 15 is 0 Å². The summed E-state index contributed by atoms with van der Waals surface area (Å²) < 4.78 is 11.9. The normalized spacial score (nSPS) is 23.6. The predicted molar refractivity (Wildman–Crippen MR) is 85.4 cm³/mol. The maximum atomic E-state index is 12.2. The smallest absolute Gasteiger partial charge is 0.252 e. The van der Waals surface area contributed by atoms with Gasteiger partial charge in [0.1, 0.15) is 6.10 Å². The molecule has 1 spiro atoms. The molecule has 4 nitrogen and oxygen atoms in total. The molecular formula is C16H19Cl2NO3. The maximum Gasteiger partial charge on any atom is 0.252 e. The number of carbonyl (C=O) groups is 1. The van der Waals surface area contributed by atoms with Crippen LogP contribution < -0.4 is 5.32 Å². The van der Waals surface area contributed by atoms with Gasteiger partial charge in [0.05, 0.1) is 17.2 Å². The van der Waals surface area contributed by atoms with Gasteiger partial charge in [0.25, 0.3) is 5.91 Å². The fourth-order valence-electron chi connectivity index (χ4n) is 3.04. The molecule has 0 bridgehead atoms. The lowest BCUT2D eigenvalue weighted by Crippen LogP contribution is -2.37. The number of ether oxygens (including phenoxy) is 2. The highest BCUT2D eigenvalue weighted by Crippen LogP contribution is 2.37. The fraction of sp³-hybridized carbons (Fsp3) is 0.562. The molecule has 1 aromatic rings. The van der Waals surface area contributed by atoms with Crippen LogP contribution in [0.25, 0.3) is 0 Å².